The van der Waals surface area contributed by atoms with Gasteiger partial charge in [-0.1, -0.05) is 189 Å². The number of allylic oxidation sites excluding steroid dienone is 12. The van der Waals surface area contributed by atoms with Crippen molar-refractivity contribution < 1.29 is 19.4 Å². The summed E-state index contributed by atoms with van der Waals surface area (Å²) >= 11 is 0. The van der Waals surface area contributed by atoms with E-state index in [9.17, 15) is 9.59 Å². The number of carbonyl (C=O) groups excluding carboxylic acids is 1. The minimum atomic E-state index is -0.662. The Kier molecular flexibility index (Phi) is 40.6. The first-order valence-corrected chi connectivity index (χ1v) is 21.9. The molecule has 0 radical (unpaired) electrons. The second-order valence-electron chi connectivity index (χ2n) is 14.6. The minimum Gasteiger partial charge on any atom is -0.481 e. The number of hydrogen-bond acceptors (Lipinski definition) is 3. The molecule has 0 aromatic carbocycles. The van der Waals surface area contributed by atoms with Crippen LogP contribution in [0.2, 0.25) is 0 Å². The van der Waals surface area contributed by atoms with E-state index in [0.717, 1.165) is 83.5 Å². The Labute approximate surface area is 322 Å². The molecule has 4 heteroatoms. The van der Waals surface area contributed by atoms with Gasteiger partial charge in [0.15, 0.2) is 0 Å². The number of carbonyl (C=O) groups is 2. The molecule has 0 bridgehead atoms. The first-order chi connectivity index (χ1) is 25.6. The zero-order valence-electron chi connectivity index (χ0n) is 34.1. The molecule has 0 fully saturated rings. The summed E-state index contributed by atoms with van der Waals surface area (Å²) in [7, 11) is 0. The van der Waals surface area contributed by atoms with Crippen LogP contribution in [0.25, 0.3) is 0 Å². The fourth-order valence-corrected chi connectivity index (χ4v) is 6.23. The maximum absolute atomic E-state index is 12.2. The van der Waals surface area contributed by atoms with Crippen molar-refractivity contribution >= 4 is 11.9 Å². The monoisotopic (exact) mass is 723 g/mol. The number of carboxylic acid groups (broad SMARTS) is 1. The molecule has 1 atom stereocenters. The van der Waals surface area contributed by atoms with Gasteiger partial charge in [-0.2, -0.15) is 0 Å². The van der Waals surface area contributed by atoms with Crippen LogP contribution in [-0.4, -0.2) is 23.1 Å². The highest BCUT2D eigenvalue weighted by atomic mass is 16.5. The van der Waals surface area contributed by atoms with E-state index in [-0.39, 0.29) is 12.1 Å². The Morgan fingerprint density at radius 1 is 0.442 bits per heavy atom. The number of unbranched alkanes of at least 4 members (excludes halogenated alkanes) is 20. The molecule has 1 N–H and O–H groups in total. The summed E-state index contributed by atoms with van der Waals surface area (Å²) in [5.74, 6) is -0.696. The number of carboxylic acids is 1. The summed E-state index contributed by atoms with van der Waals surface area (Å²) in [4.78, 5) is 22.7. The van der Waals surface area contributed by atoms with Gasteiger partial charge in [0.2, 0.25) is 0 Å². The zero-order chi connectivity index (χ0) is 37.8. The van der Waals surface area contributed by atoms with Gasteiger partial charge in [-0.25, -0.2) is 0 Å². The predicted octanol–water partition coefficient (Wildman–Crippen LogP) is 15.5. The number of hydrogen-bond donors (Lipinski definition) is 1. The number of esters is 1. The lowest BCUT2D eigenvalue weighted by molar-refractivity contribution is -0.148. The van der Waals surface area contributed by atoms with Crippen molar-refractivity contribution in [1.29, 1.82) is 0 Å². The van der Waals surface area contributed by atoms with Gasteiger partial charge < -0.3 is 9.84 Å². The molecule has 4 nitrogen and oxygen atoms in total. The quantitative estimate of drug-likeness (QED) is 0.0390. The topological polar surface area (TPSA) is 63.6 Å². The van der Waals surface area contributed by atoms with E-state index in [1.807, 2.05) is 6.92 Å². The summed E-state index contributed by atoms with van der Waals surface area (Å²) < 4.78 is 5.65. The van der Waals surface area contributed by atoms with Gasteiger partial charge in [0.05, 0.1) is 6.10 Å². The molecule has 0 aliphatic heterocycles. The third-order valence-electron chi connectivity index (χ3n) is 9.43. The molecular weight excluding hydrogens is 641 g/mol. The molecule has 0 aliphatic carbocycles. The van der Waals surface area contributed by atoms with E-state index >= 15 is 0 Å². The smallest absolute Gasteiger partial charge is 0.306 e. The Morgan fingerprint density at radius 3 is 1.15 bits per heavy atom. The van der Waals surface area contributed by atoms with Crippen molar-refractivity contribution in [2.24, 2.45) is 0 Å². The van der Waals surface area contributed by atoms with Gasteiger partial charge in [-0.3, -0.25) is 9.59 Å². The van der Waals surface area contributed by atoms with Crippen LogP contribution in [-0.2, 0) is 14.3 Å². The summed E-state index contributed by atoms with van der Waals surface area (Å²) in [5, 5.41) is 8.66. The van der Waals surface area contributed by atoms with Gasteiger partial charge in [0, 0.05) is 12.8 Å². The average molecular weight is 723 g/mol. The second kappa shape index (κ2) is 42.8. The molecule has 0 saturated heterocycles. The summed E-state index contributed by atoms with van der Waals surface area (Å²) in [5.41, 5.74) is 0. The van der Waals surface area contributed by atoms with E-state index in [1.54, 1.807) is 0 Å². The molecule has 0 aromatic rings. The van der Waals surface area contributed by atoms with Gasteiger partial charge in [-0.15, -0.1) is 0 Å². The second-order valence-corrected chi connectivity index (χ2v) is 14.6. The number of rotatable bonds is 39. The van der Waals surface area contributed by atoms with Gasteiger partial charge in [0.25, 0.3) is 0 Å². The molecule has 0 spiro atoms. The van der Waals surface area contributed by atoms with Crippen molar-refractivity contribution in [3.8, 4) is 0 Å². The Morgan fingerprint density at radius 2 is 0.769 bits per heavy atom. The molecule has 1 unspecified atom stereocenters. The Bertz CT molecular complexity index is 953. The zero-order valence-corrected chi connectivity index (χ0v) is 34.1. The average Bonchev–Trinajstić information content (AvgIpc) is 3.12. The lowest BCUT2D eigenvalue weighted by Crippen LogP contribution is -2.14. The molecule has 0 heterocycles. The van der Waals surface area contributed by atoms with Gasteiger partial charge in [0.1, 0.15) is 0 Å². The fourth-order valence-electron chi connectivity index (χ4n) is 6.23. The molecule has 0 saturated carbocycles. The van der Waals surface area contributed by atoms with Crippen molar-refractivity contribution in [3.63, 3.8) is 0 Å². The lowest BCUT2D eigenvalue weighted by Gasteiger charge is -2.13. The summed E-state index contributed by atoms with van der Waals surface area (Å²) in [6, 6.07) is 0. The van der Waals surface area contributed by atoms with Crippen LogP contribution in [0, 0.1) is 0 Å². The van der Waals surface area contributed by atoms with E-state index < -0.39 is 5.97 Å². The van der Waals surface area contributed by atoms with Crippen LogP contribution in [0.15, 0.2) is 72.9 Å². The highest BCUT2D eigenvalue weighted by molar-refractivity contribution is 5.69. The molecule has 0 rings (SSSR count). The SMILES string of the molecule is CC/C=C\C/C=C\C/C=C\C/C=C\C/C=C\C/C=C\CCCCC(=O)OC(C)CCCCCCCCCCCCCCCCCCCCCC(=O)O. The fraction of sp³-hybridized carbons (Fsp3) is 0.708. The van der Waals surface area contributed by atoms with Crippen LogP contribution in [0.5, 0.6) is 0 Å². The Balaban J connectivity index is 3.43. The molecular formula is C48H82O4. The van der Waals surface area contributed by atoms with Gasteiger partial charge in [-0.05, 0) is 84.0 Å². The highest BCUT2D eigenvalue weighted by Crippen LogP contribution is 2.16. The minimum absolute atomic E-state index is 0.0337. The summed E-state index contributed by atoms with van der Waals surface area (Å²) in [6.45, 7) is 4.21. The van der Waals surface area contributed by atoms with Crippen LogP contribution < -0.4 is 0 Å². The highest BCUT2D eigenvalue weighted by Gasteiger charge is 2.09. The normalized spacial score (nSPS) is 13.0. The maximum Gasteiger partial charge on any atom is 0.306 e. The molecule has 298 valence electrons. The molecule has 0 amide bonds. The van der Waals surface area contributed by atoms with Crippen molar-refractivity contribution in [1.82, 2.24) is 0 Å². The van der Waals surface area contributed by atoms with Crippen LogP contribution in [0.3, 0.4) is 0 Å². The van der Waals surface area contributed by atoms with Crippen molar-refractivity contribution in [2.75, 3.05) is 0 Å². The third-order valence-corrected chi connectivity index (χ3v) is 9.43. The van der Waals surface area contributed by atoms with E-state index in [4.69, 9.17) is 9.84 Å². The van der Waals surface area contributed by atoms with E-state index in [1.165, 1.54) is 103 Å². The first kappa shape index (κ1) is 49.4. The molecule has 52 heavy (non-hydrogen) atoms. The summed E-state index contributed by atoms with van der Waals surface area (Å²) in [6.07, 6.45) is 62.1. The van der Waals surface area contributed by atoms with Gasteiger partial charge >= 0.3 is 11.9 Å². The Hall–Kier alpha value is -2.62. The first-order valence-electron chi connectivity index (χ1n) is 21.9. The van der Waals surface area contributed by atoms with E-state index in [2.05, 4.69) is 79.8 Å². The predicted molar refractivity (Wildman–Crippen MR) is 227 cm³/mol. The van der Waals surface area contributed by atoms with Crippen molar-refractivity contribution in [3.05, 3.63) is 72.9 Å². The third kappa shape index (κ3) is 43.5. The molecule has 0 aliphatic rings. The molecule has 0 aromatic heterocycles. The van der Waals surface area contributed by atoms with Crippen molar-refractivity contribution in [2.45, 2.75) is 219 Å². The van der Waals surface area contributed by atoms with Crippen LogP contribution in [0.4, 0.5) is 0 Å². The largest absolute Gasteiger partial charge is 0.481 e. The number of ether oxygens (including phenoxy) is 1. The van der Waals surface area contributed by atoms with Crippen LogP contribution in [0.1, 0.15) is 213 Å². The lowest BCUT2D eigenvalue weighted by atomic mass is 10.0. The standard InChI is InChI=1S/C48H82O4/c1-3-4-5-6-7-8-9-10-11-12-13-14-18-21-24-27-30-33-36-39-42-45-48(51)52-46(2)43-40-37-34-31-28-25-22-19-16-15-17-20-23-26-29-32-35-38-41-44-47(49)50/h4-5,7-8,10-11,13-14,21,24,30,33,46H,3,6,9,12,15-20,22-23,25-29,31-32,34-45H2,1-2H3,(H,49,50)/b5-4-,8-7-,11-10-,14-13-,24-21-,33-30-. The van der Waals surface area contributed by atoms with E-state index in [0.29, 0.717) is 12.8 Å². The maximum atomic E-state index is 12.2. The van der Waals surface area contributed by atoms with Crippen LogP contribution >= 0.6 is 0 Å². The number of aliphatic carboxylic acids is 1.